The first-order valence-electron chi connectivity index (χ1n) is 10.8. The minimum absolute atomic E-state index is 0.121. The molecule has 168 valence electrons. The highest BCUT2D eigenvalue weighted by Gasteiger charge is 2.46. The van der Waals surface area contributed by atoms with E-state index >= 15 is 0 Å². The van der Waals surface area contributed by atoms with Gasteiger partial charge < -0.3 is 9.42 Å². The molecule has 2 aromatic carbocycles. The van der Waals surface area contributed by atoms with Gasteiger partial charge in [0.25, 0.3) is 11.8 Å². The number of amides is 1. The Balaban J connectivity index is 1.53. The van der Waals surface area contributed by atoms with Gasteiger partial charge in [0.15, 0.2) is 0 Å². The number of hydrogen-bond acceptors (Lipinski definition) is 6. The van der Waals surface area contributed by atoms with Crippen molar-refractivity contribution >= 4 is 17.5 Å². The number of aryl methyl sites for hydroxylation is 1. The largest absolute Gasteiger partial charge is 0.336 e. The second kappa shape index (κ2) is 8.12. The maximum Gasteiger partial charge on any atom is 0.257 e. The van der Waals surface area contributed by atoms with E-state index in [0.717, 1.165) is 29.5 Å². The molecule has 2 aromatic heterocycles. The SMILES string of the molecule is Cc1ccc(-n2nccn2)c(C(=O)N2CCCC2(C)c2nc(-c3cccc(Cl)c3C)no2)c1. The minimum Gasteiger partial charge on any atom is -0.336 e. The van der Waals surface area contributed by atoms with Crippen LogP contribution in [0.3, 0.4) is 0 Å². The van der Waals surface area contributed by atoms with E-state index in [0.29, 0.717) is 34.5 Å². The predicted octanol–water partition coefficient (Wildman–Crippen LogP) is 4.74. The zero-order valence-electron chi connectivity index (χ0n) is 18.6. The predicted molar refractivity (Wildman–Crippen MR) is 123 cm³/mol. The molecule has 33 heavy (non-hydrogen) atoms. The molecular weight excluding hydrogens is 440 g/mol. The van der Waals surface area contributed by atoms with Gasteiger partial charge in [0.1, 0.15) is 5.54 Å². The van der Waals surface area contributed by atoms with E-state index in [1.807, 2.05) is 62.1 Å². The summed E-state index contributed by atoms with van der Waals surface area (Å²) in [4.78, 5) is 21.8. The summed E-state index contributed by atoms with van der Waals surface area (Å²) in [7, 11) is 0. The monoisotopic (exact) mass is 462 g/mol. The van der Waals surface area contributed by atoms with Crippen molar-refractivity contribution < 1.29 is 9.32 Å². The first-order valence-corrected chi connectivity index (χ1v) is 11.2. The van der Waals surface area contributed by atoms with Gasteiger partial charge in [-0.3, -0.25) is 4.79 Å². The molecule has 1 fully saturated rings. The quantitative estimate of drug-likeness (QED) is 0.435. The molecule has 3 heterocycles. The Kier molecular flexibility index (Phi) is 5.25. The zero-order valence-corrected chi connectivity index (χ0v) is 19.4. The Morgan fingerprint density at radius 3 is 2.73 bits per heavy atom. The van der Waals surface area contributed by atoms with Gasteiger partial charge in [-0.15, -0.1) is 0 Å². The van der Waals surface area contributed by atoms with Crippen LogP contribution in [0.1, 0.15) is 47.1 Å². The number of nitrogens with zero attached hydrogens (tertiary/aromatic N) is 6. The molecule has 5 rings (SSSR count). The van der Waals surface area contributed by atoms with Crippen LogP contribution >= 0.6 is 11.6 Å². The first kappa shape index (κ1) is 21.3. The van der Waals surface area contributed by atoms with Crippen LogP contribution in [0.4, 0.5) is 0 Å². The summed E-state index contributed by atoms with van der Waals surface area (Å²) in [5.74, 6) is 0.751. The highest BCUT2D eigenvalue weighted by molar-refractivity contribution is 6.31. The zero-order chi connectivity index (χ0) is 23.2. The molecule has 0 radical (unpaired) electrons. The molecule has 0 N–H and O–H groups in total. The fourth-order valence-electron chi connectivity index (χ4n) is 4.39. The van der Waals surface area contributed by atoms with Crippen molar-refractivity contribution in [2.24, 2.45) is 0 Å². The van der Waals surface area contributed by atoms with Gasteiger partial charge in [0.2, 0.25) is 5.82 Å². The van der Waals surface area contributed by atoms with Crippen LogP contribution in [-0.4, -0.2) is 42.5 Å². The lowest BCUT2D eigenvalue weighted by Crippen LogP contribution is -2.43. The lowest BCUT2D eigenvalue weighted by molar-refractivity contribution is 0.0551. The van der Waals surface area contributed by atoms with Gasteiger partial charge in [0.05, 0.1) is 23.6 Å². The summed E-state index contributed by atoms with van der Waals surface area (Å²) >= 11 is 6.28. The Hall–Kier alpha value is -3.52. The number of hydrogen-bond donors (Lipinski definition) is 0. The average molecular weight is 463 g/mol. The van der Waals surface area contributed by atoms with Gasteiger partial charge in [-0.25, -0.2) is 0 Å². The maximum atomic E-state index is 13.8. The Bertz CT molecular complexity index is 1330. The van der Waals surface area contributed by atoms with Crippen LogP contribution in [-0.2, 0) is 5.54 Å². The highest BCUT2D eigenvalue weighted by Crippen LogP contribution is 2.40. The van der Waals surface area contributed by atoms with E-state index < -0.39 is 5.54 Å². The second-order valence-corrected chi connectivity index (χ2v) is 8.92. The number of halogens is 1. The molecule has 1 aliphatic rings. The molecule has 8 nitrogen and oxygen atoms in total. The van der Waals surface area contributed by atoms with Gasteiger partial charge in [-0.1, -0.05) is 40.5 Å². The van der Waals surface area contributed by atoms with Gasteiger partial charge in [0, 0.05) is 17.1 Å². The standard InChI is InChI=1S/C24H23ClN6O2/c1-15-8-9-20(31-26-11-12-27-31)18(14-15)22(32)30-13-5-10-24(30,3)23-28-21(29-33-23)17-6-4-7-19(25)16(17)2/h4,6-9,11-12,14H,5,10,13H2,1-3H3. The van der Waals surface area contributed by atoms with Crippen molar-refractivity contribution in [3.8, 4) is 17.1 Å². The molecule has 0 bridgehead atoms. The summed E-state index contributed by atoms with van der Waals surface area (Å²) in [5, 5.41) is 13.3. The molecule has 1 unspecified atom stereocenters. The number of benzene rings is 2. The van der Waals surface area contributed by atoms with E-state index in [2.05, 4.69) is 15.4 Å². The van der Waals surface area contributed by atoms with Crippen molar-refractivity contribution in [2.45, 2.75) is 39.2 Å². The van der Waals surface area contributed by atoms with Crippen molar-refractivity contribution in [3.05, 3.63) is 76.4 Å². The van der Waals surface area contributed by atoms with Crippen molar-refractivity contribution in [2.75, 3.05) is 6.54 Å². The van der Waals surface area contributed by atoms with Crippen LogP contribution in [0.2, 0.25) is 5.02 Å². The Morgan fingerprint density at radius 1 is 1.15 bits per heavy atom. The summed E-state index contributed by atoms with van der Waals surface area (Å²) in [6, 6.07) is 11.3. The van der Waals surface area contributed by atoms with Crippen molar-refractivity contribution in [1.29, 1.82) is 0 Å². The molecule has 4 aromatic rings. The minimum atomic E-state index is -0.729. The number of aromatic nitrogens is 5. The molecule has 0 aliphatic carbocycles. The van der Waals surface area contributed by atoms with Crippen LogP contribution in [0.25, 0.3) is 17.1 Å². The average Bonchev–Trinajstić information content (AvgIpc) is 3.56. The second-order valence-electron chi connectivity index (χ2n) is 8.51. The van der Waals surface area contributed by atoms with Gasteiger partial charge in [-0.2, -0.15) is 20.0 Å². The van der Waals surface area contributed by atoms with Crippen molar-refractivity contribution in [3.63, 3.8) is 0 Å². The fourth-order valence-corrected chi connectivity index (χ4v) is 4.57. The third-order valence-corrected chi connectivity index (χ3v) is 6.71. The summed E-state index contributed by atoms with van der Waals surface area (Å²) in [6.07, 6.45) is 4.73. The van der Waals surface area contributed by atoms with Crippen LogP contribution in [0, 0.1) is 13.8 Å². The normalized spacial score (nSPS) is 18.1. The summed E-state index contributed by atoms with van der Waals surface area (Å²) < 4.78 is 5.72. The molecule has 0 spiro atoms. The number of rotatable bonds is 4. The maximum absolute atomic E-state index is 13.8. The van der Waals surface area contributed by atoms with Gasteiger partial charge in [-0.05, 0) is 57.4 Å². The van der Waals surface area contributed by atoms with E-state index in [9.17, 15) is 4.79 Å². The van der Waals surface area contributed by atoms with Crippen LogP contribution < -0.4 is 0 Å². The smallest absolute Gasteiger partial charge is 0.257 e. The number of carbonyl (C=O) groups excluding carboxylic acids is 1. The topological polar surface area (TPSA) is 89.9 Å². The van der Waals surface area contributed by atoms with E-state index in [1.165, 1.54) is 4.80 Å². The van der Waals surface area contributed by atoms with Crippen LogP contribution in [0.15, 0.2) is 53.3 Å². The number of carbonyl (C=O) groups is 1. The molecule has 1 saturated heterocycles. The molecular formula is C24H23ClN6O2. The molecule has 9 heteroatoms. The summed E-state index contributed by atoms with van der Waals surface area (Å²) in [5.41, 5.74) is 3.10. The van der Waals surface area contributed by atoms with E-state index in [1.54, 1.807) is 12.4 Å². The van der Waals surface area contributed by atoms with Crippen molar-refractivity contribution in [1.82, 2.24) is 30.0 Å². The third kappa shape index (κ3) is 3.60. The fraction of sp³-hybridized carbons (Fsp3) is 0.292. The first-order chi connectivity index (χ1) is 15.9. The Morgan fingerprint density at radius 2 is 1.94 bits per heavy atom. The highest BCUT2D eigenvalue weighted by atomic mass is 35.5. The molecule has 0 saturated carbocycles. The lowest BCUT2D eigenvalue weighted by atomic mass is 9.97. The molecule has 1 aliphatic heterocycles. The summed E-state index contributed by atoms with van der Waals surface area (Å²) in [6.45, 7) is 6.44. The lowest BCUT2D eigenvalue weighted by Gasteiger charge is -2.32. The van der Waals surface area contributed by atoms with Gasteiger partial charge >= 0.3 is 0 Å². The molecule has 1 atom stereocenters. The Labute approximate surface area is 196 Å². The number of likely N-dealkylation sites (tertiary alicyclic amines) is 1. The third-order valence-electron chi connectivity index (χ3n) is 6.30. The van der Waals surface area contributed by atoms with E-state index in [4.69, 9.17) is 21.1 Å². The molecule has 1 amide bonds. The van der Waals surface area contributed by atoms with E-state index in [-0.39, 0.29) is 5.91 Å². The van der Waals surface area contributed by atoms with Crippen LogP contribution in [0.5, 0.6) is 0 Å².